The zero-order valence-corrected chi connectivity index (χ0v) is 18.0. The highest BCUT2D eigenvalue weighted by molar-refractivity contribution is 5.93. The van der Waals surface area contributed by atoms with E-state index in [0.29, 0.717) is 24.3 Å². The number of hydrogen-bond acceptors (Lipinski definition) is 8. The molecule has 1 aliphatic carbocycles. The summed E-state index contributed by atoms with van der Waals surface area (Å²) in [6.45, 7) is 3.37. The number of anilines is 1. The third-order valence-electron chi connectivity index (χ3n) is 6.45. The SMILES string of the molecule is COC1CC(CN2CCC(CN)(N/C=C(/C(N)=O)C(N)Nc3ccnc(F)c3)CC2)C1. The van der Waals surface area contributed by atoms with Crippen molar-refractivity contribution in [3.05, 3.63) is 36.1 Å². The van der Waals surface area contributed by atoms with Gasteiger partial charge in [0.25, 0.3) is 0 Å². The molecule has 1 unspecified atom stereocenters. The van der Waals surface area contributed by atoms with Crippen LogP contribution in [-0.4, -0.2) is 66.9 Å². The predicted octanol–water partition coefficient (Wildman–Crippen LogP) is 0.0945. The van der Waals surface area contributed by atoms with Gasteiger partial charge in [-0.3, -0.25) is 4.79 Å². The van der Waals surface area contributed by atoms with Crippen molar-refractivity contribution in [2.75, 3.05) is 38.6 Å². The van der Waals surface area contributed by atoms with E-state index in [1.807, 2.05) is 0 Å². The molecule has 1 saturated heterocycles. The van der Waals surface area contributed by atoms with Gasteiger partial charge in [0.05, 0.1) is 17.2 Å². The predicted molar refractivity (Wildman–Crippen MR) is 117 cm³/mol. The molecule has 1 saturated carbocycles. The lowest BCUT2D eigenvalue weighted by Gasteiger charge is -2.44. The highest BCUT2D eigenvalue weighted by Crippen LogP contribution is 2.32. The van der Waals surface area contributed by atoms with Gasteiger partial charge in [-0.05, 0) is 37.7 Å². The Morgan fingerprint density at radius 1 is 1.45 bits per heavy atom. The molecule has 172 valence electrons. The third-order valence-corrected chi connectivity index (χ3v) is 6.45. The molecule has 2 fully saturated rings. The van der Waals surface area contributed by atoms with Crippen molar-refractivity contribution in [3.8, 4) is 0 Å². The Bertz CT molecular complexity index is 777. The van der Waals surface area contributed by atoms with Crippen LogP contribution in [0.1, 0.15) is 25.7 Å². The number of primary amides is 1. The van der Waals surface area contributed by atoms with E-state index in [4.69, 9.17) is 21.9 Å². The van der Waals surface area contributed by atoms with Crippen molar-refractivity contribution in [3.63, 3.8) is 0 Å². The number of halogens is 1. The molecule has 1 aromatic rings. The summed E-state index contributed by atoms with van der Waals surface area (Å²) in [5.74, 6) is -0.607. The summed E-state index contributed by atoms with van der Waals surface area (Å²) in [7, 11) is 1.77. The largest absolute Gasteiger partial charge is 0.384 e. The molecule has 0 radical (unpaired) electrons. The average Bonchev–Trinajstić information content (AvgIpc) is 2.71. The Morgan fingerprint density at radius 3 is 2.74 bits per heavy atom. The van der Waals surface area contributed by atoms with Crippen LogP contribution in [0, 0.1) is 11.9 Å². The van der Waals surface area contributed by atoms with Crippen LogP contribution in [0.4, 0.5) is 10.1 Å². The monoisotopic (exact) mass is 435 g/mol. The number of carbonyl (C=O) groups is 1. The van der Waals surface area contributed by atoms with Gasteiger partial charge in [0, 0.05) is 57.4 Å². The summed E-state index contributed by atoms with van der Waals surface area (Å²) in [5, 5.41) is 6.19. The van der Waals surface area contributed by atoms with Crippen LogP contribution < -0.4 is 27.8 Å². The highest BCUT2D eigenvalue weighted by Gasteiger charge is 2.36. The van der Waals surface area contributed by atoms with Gasteiger partial charge >= 0.3 is 0 Å². The maximum absolute atomic E-state index is 13.3. The Morgan fingerprint density at radius 2 is 2.16 bits per heavy atom. The maximum atomic E-state index is 13.3. The van der Waals surface area contributed by atoms with Crippen molar-refractivity contribution >= 4 is 11.6 Å². The molecule has 0 spiro atoms. The Labute approximate surface area is 182 Å². The number of ether oxygens (including phenoxy) is 1. The van der Waals surface area contributed by atoms with Gasteiger partial charge in [0.15, 0.2) is 0 Å². The minimum Gasteiger partial charge on any atom is -0.384 e. The lowest BCUT2D eigenvalue weighted by atomic mass is 9.80. The number of piperidine rings is 1. The summed E-state index contributed by atoms with van der Waals surface area (Å²) in [4.78, 5) is 17.9. The Kier molecular flexibility index (Phi) is 7.82. The maximum Gasteiger partial charge on any atom is 0.249 e. The molecule has 3 rings (SSSR count). The van der Waals surface area contributed by atoms with Gasteiger partial charge in [0.1, 0.15) is 6.17 Å². The van der Waals surface area contributed by atoms with E-state index in [1.165, 1.54) is 12.3 Å². The molecule has 2 heterocycles. The number of methoxy groups -OCH3 is 1. The quantitative estimate of drug-likeness (QED) is 0.198. The standard InChI is InChI=1S/C21H34FN7O2/c1-31-16-8-14(9-16)12-29-6-3-21(13-23,4-7-29)27-11-17(20(25)30)19(24)28-15-2-5-26-18(22)10-15/h2,5,10-11,14,16,19,27H,3-4,6-9,12-13,23-24H2,1H3,(H2,25,30)(H,26,28)/b17-11+. The van der Waals surface area contributed by atoms with E-state index >= 15 is 0 Å². The zero-order valence-electron chi connectivity index (χ0n) is 18.0. The minimum atomic E-state index is -0.908. The molecular weight excluding hydrogens is 401 g/mol. The first-order chi connectivity index (χ1) is 14.8. The van der Waals surface area contributed by atoms with E-state index in [0.717, 1.165) is 45.3 Å². The van der Waals surface area contributed by atoms with E-state index in [1.54, 1.807) is 19.4 Å². The zero-order chi connectivity index (χ0) is 22.4. The molecule has 31 heavy (non-hydrogen) atoms. The normalized spacial score (nSPS) is 24.8. The smallest absolute Gasteiger partial charge is 0.249 e. The van der Waals surface area contributed by atoms with Crippen molar-refractivity contribution in [1.29, 1.82) is 0 Å². The lowest BCUT2D eigenvalue weighted by molar-refractivity contribution is -0.114. The topological polar surface area (TPSA) is 145 Å². The van der Waals surface area contributed by atoms with Crippen LogP contribution in [-0.2, 0) is 9.53 Å². The van der Waals surface area contributed by atoms with E-state index in [9.17, 15) is 9.18 Å². The van der Waals surface area contributed by atoms with Crippen LogP contribution in [0.15, 0.2) is 30.1 Å². The first kappa shape index (κ1) is 23.4. The van der Waals surface area contributed by atoms with E-state index in [-0.39, 0.29) is 11.1 Å². The van der Waals surface area contributed by atoms with Crippen LogP contribution in [0.5, 0.6) is 0 Å². The fourth-order valence-corrected chi connectivity index (χ4v) is 4.25. The second-order valence-electron chi connectivity index (χ2n) is 8.58. The number of nitrogens with one attached hydrogen (secondary N) is 2. The van der Waals surface area contributed by atoms with Gasteiger partial charge in [-0.15, -0.1) is 0 Å². The summed E-state index contributed by atoms with van der Waals surface area (Å²) in [5.41, 5.74) is 18.0. The second-order valence-corrected chi connectivity index (χ2v) is 8.58. The van der Waals surface area contributed by atoms with Crippen LogP contribution in [0.25, 0.3) is 0 Å². The molecule has 2 aliphatic rings. The molecule has 8 N–H and O–H groups in total. The van der Waals surface area contributed by atoms with Crippen molar-refractivity contribution in [1.82, 2.24) is 15.2 Å². The summed E-state index contributed by atoms with van der Waals surface area (Å²) in [6.07, 6.45) is 6.33. The Balaban J connectivity index is 1.56. The molecule has 0 bridgehead atoms. The molecule has 1 aromatic heterocycles. The van der Waals surface area contributed by atoms with Crippen LogP contribution in [0.3, 0.4) is 0 Å². The Hall–Kier alpha value is -2.27. The molecule has 10 heteroatoms. The molecular formula is C21H34FN7O2. The molecule has 1 aliphatic heterocycles. The molecule has 0 aromatic carbocycles. The van der Waals surface area contributed by atoms with Gasteiger partial charge < -0.3 is 37.5 Å². The van der Waals surface area contributed by atoms with Crippen LogP contribution in [0.2, 0.25) is 0 Å². The van der Waals surface area contributed by atoms with Gasteiger partial charge in [0.2, 0.25) is 11.9 Å². The first-order valence-corrected chi connectivity index (χ1v) is 10.7. The van der Waals surface area contributed by atoms with E-state index in [2.05, 4.69) is 20.5 Å². The second kappa shape index (κ2) is 10.4. The number of pyridine rings is 1. The first-order valence-electron chi connectivity index (χ1n) is 10.7. The number of hydrogen-bond donors (Lipinski definition) is 5. The number of likely N-dealkylation sites (tertiary alicyclic amines) is 1. The number of amides is 1. The fraction of sp³-hybridized carbons (Fsp3) is 0.619. The summed E-state index contributed by atoms with van der Waals surface area (Å²) < 4.78 is 18.7. The number of carbonyl (C=O) groups excluding carboxylic acids is 1. The molecule has 9 nitrogen and oxygen atoms in total. The van der Waals surface area contributed by atoms with Gasteiger partial charge in [-0.25, -0.2) is 4.98 Å². The highest BCUT2D eigenvalue weighted by atomic mass is 19.1. The van der Waals surface area contributed by atoms with E-state index < -0.39 is 18.0 Å². The van der Waals surface area contributed by atoms with Gasteiger partial charge in [-0.2, -0.15) is 4.39 Å². The van der Waals surface area contributed by atoms with Crippen molar-refractivity contribution < 1.29 is 13.9 Å². The number of nitrogens with two attached hydrogens (primary N) is 3. The third kappa shape index (κ3) is 6.13. The average molecular weight is 436 g/mol. The fourth-order valence-electron chi connectivity index (χ4n) is 4.25. The van der Waals surface area contributed by atoms with Crippen molar-refractivity contribution in [2.24, 2.45) is 23.1 Å². The minimum absolute atomic E-state index is 0.160. The molecule has 1 amide bonds. The van der Waals surface area contributed by atoms with Gasteiger partial charge in [-0.1, -0.05) is 0 Å². The molecule has 1 atom stereocenters. The number of aromatic nitrogens is 1. The lowest BCUT2D eigenvalue weighted by Crippen LogP contribution is -2.57. The summed E-state index contributed by atoms with van der Waals surface area (Å²) >= 11 is 0. The van der Waals surface area contributed by atoms with Crippen LogP contribution >= 0.6 is 0 Å². The van der Waals surface area contributed by atoms with Crippen molar-refractivity contribution in [2.45, 2.75) is 43.5 Å². The summed E-state index contributed by atoms with van der Waals surface area (Å²) in [6, 6.07) is 2.75. The number of rotatable bonds is 10. The number of nitrogens with zero attached hydrogens (tertiary/aromatic N) is 2.